The summed E-state index contributed by atoms with van der Waals surface area (Å²) in [7, 11) is 0. The predicted molar refractivity (Wildman–Crippen MR) is 68.9 cm³/mol. The summed E-state index contributed by atoms with van der Waals surface area (Å²) in [4.78, 5) is 7.06. The van der Waals surface area contributed by atoms with E-state index in [0.717, 1.165) is 23.6 Å². The molecule has 3 heterocycles. The number of likely N-dealkylation sites (tertiary alicyclic amines) is 1. The first-order valence-corrected chi connectivity index (χ1v) is 6.19. The van der Waals surface area contributed by atoms with E-state index in [1.165, 1.54) is 31.6 Å². The number of aryl methyl sites for hydroxylation is 1. The number of fused-ring (bicyclic) bond motifs is 1. The molecular formula is C13H18N4. The van der Waals surface area contributed by atoms with E-state index in [4.69, 9.17) is 5.73 Å². The van der Waals surface area contributed by atoms with Crippen molar-refractivity contribution in [2.75, 3.05) is 18.8 Å². The van der Waals surface area contributed by atoms with Crippen LogP contribution < -0.4 is 5.73 Å². The minimum Gasteiger partial charge on any atom is -0.398 e. The maximum absolute atomic E-state index is 5.85. The fourth-order valence-corrected chi connectivity index (χ4v) is 2.57. The van der Waals surface area contributed by atoms with E-state index in [0.29, 0.717) is 0 Å². The van der Waals surface area contributed by atoms with Crippen LogP contribution in [0.4, 0.5) is 5.69 Å². The fourth-order valence-electron chi connectivity index (χ4n) is 2.57. The number of aromatic nitrogens is 2. The molecule has 4 nitrogen and oxygen atoms in total. The second-order valence-corrected chi connectivity index (χ2v) is 4.82. The SMILES string of the molecule is Cc1nc2ccc(N)cn2c1CN1CCCC1. The van der Waals surface area contributed by atoms with E-state index in [2.05, 4.69) is 21.2 Å². The van der Waals surface area contributed by atoms with Crippen molar-refractivity contribution < 1.29 is 0 Å². The van der Waals surface area contributed by atoms with Crippen molar-refractivity contribution in [1.82, 2.24) is 14.3 Å². The number of nitrogens with two attached hydrogens (primary N) is 1. The van der Waals surface area contributed by atoms with Gasteiger partial charge in [0.25, 0.3) is 0 Å². The van der Waals surface area contributed by atoms with Crippen molar-refractivity contribution in [3.05, 3.63) is 29.7 Å². The first-order chi connectivity index (χ1) is 8.24. The molecule has 4 heteroatoms. The third-order valence-electron chi connectivity index (χ3n) is 3.51. The Hall–Kier alpha value is -1.55. The molecule has 1 aliphatic heterocycles. The van der Waals surface area contributed by atoms with Crippen molar-refractivity contribution in [2.24, 2.45) is 0 Å². The van der Waals surface area contributed by atoms with Crippen LogP contribution in [0.25, 0.3) is 5.65 Å². The second-order valence-electron chi connectivity index (χ2n) is 4.82. The Morgan fingerprint density at radius 3 is 2.82 bits per heavy atom. The Labute approximate surface area is 101 Å². The summed E-state index contributed by atoms with van der Waals surface area (Å²) in [5.41, 5.74) is 10.0. The third-order valence-corrected chi connectivity index (χ3v) is 3.51. The Bertz CT molecular complexity index is 538. The number of hydrogen-bond acceptors (Lipinski definition) is 3. The summed E-state index contributed by atoms with van der Waals surface area (Å²) in [6, 6.07) is 3.89. The summed E-state index contributed by atoms with van der Waals surface area (Å²) < 4.78 is 2.13. The summed E-state index contributed by atoms with van der Waals surface area (Å²) in [6.07, 6.45) is 4.61. The molecule has 0 aliphatic carbocycles. The maximum Gasteiger partial charge on any atom is 0.137 e. The van der Waals surface area contributed by atoms with Crippen LogP contribution in [0.1, 0.15) is 24.2 Å². The van der Waals surface area contributed by atoms with Gasteiger partial charge in [-0.3, -0.25) is 4.90 Å². The number of nitrogens with zero attached hydrogens (tertiary/aromatic N) is 3. The van der Waals surface area contributed by atoms with Gasteiger partial charge in [-0.05, 0) is 45.0 Å². The van der Waals surface area contributed by atoms with Crippen molar-refractivity contribution >= 4 is 11.3 Å². The zero-order valence-electron chi connectivity index (χ0n) is 10.2. The zero-order valence-corrected chi connectivity index (χ0v) is 10.2. The van der Waals surface area contributed by atoms with Crippen LogP contribution in [0.5, 0.6) is 0 Å². The lowest BCUT2D eigenvalue weighted by Gasteiger charge is -2.14. The molecule has 0 aromatic carbocycles. The molecule has 0 unspecified atom stereocenters. The van der Waals surface area contributed by atoms with E-state index in [1.54, 1.807) is 0 Å². The molecule has 3 rings (SSSR count). The normalized spacial score (nSPS) is 17.0. The van der Waals surface area contributed by atoms with Gasteiger partial charge < -0.3 is 10.1 Å². The average Bonchev–Trinajstić information content (AvgIpc) is 2.90. The van der Waals surface area contributed by atoms with Gasteiger partial charge in [0.1, 0.15) is 5.65 Å². The number of imidazole rings is 1. The van der Waals surface area contributed by atoms with Gasteiger partial charge in [-0.1, -0.05) is 0 Å². The number of anilines is 1. The highest BCUT2D eigenvalue weighted by molar-refractivity contribution is 5.50. The second kappa shape index (κ2) is 4.04. The van der Waals surface area contributed by atoms with Crippen LogP contribution in [0.3, 0.4) is 0 Å². The molecule has 1 fully saturated rings. The lowest BCUT2D eigenvalue weighted by molar-refractivity contribution is 0.325. The number of pyridine rings is 1. The molecule has 0 saturated carbocycles. The zero-order chi connectivity index (χ0) is 11.8. The molecular weight excluding hydrogens is 212 g/mol. The monoisotopic (exact) mass is 230 g/mol. The maximum atomic E-state index is 5.85. The largest absolute Gasteiger partial charge is 0.398 e. The van der Waals surface area contributed by atoms with E-state index < -0.39 is 0 Å². The Kier molecular flexibility index (Phi) is 2.52. The van der Waals surface area contributed by atoms with Gasteiger partial charge >= 0.3 is 0 Å². The van der Waals surface area contributed by atoms with Gasteiger partial charge in [0.15, 0.2) is 0 Å². The van der Waals surface area contributed by atoms with Crippen LogP contribution in [0.15, 0.2) is 18.3 Å². The topological polar surface area (TPSA) is 46.6 Å². The predicted octanol–water partition coefficient (Wildman–Crippen LogP) is 1.82. The minimum absolute atomic E-state index is 0.789. The minimum atomic E-state index is 0.789. The van der Waals surface area contributed by atoms with Gasteiger partial charge in [0.05, 0.1) is 11.4 Å². The van der Waals surface area contributed by atoms with Crippen molar-refractivity contribution in [1.29, 1.82) is 0 Å². The standard InChI is InChI=1S/C13H18N4/c1-10-12(9-16-6-2-3-7-16)17-8-11(14)4-5-13(17)15-10/h4-5,8H,2-3,6-7,9,14H2,1H3. The van der Waals surface area contributed by atoms with Crippen molar-refractivity contribution in [3.8, 4) is 0 Å². The number of hydrogen-bond donors (Lipinski definition) is 1. The molecule has 0 radical (unpaired) electrons. The van der Waals surface area contributed by atoms with Gasteiger partial charge in [0, 0.05) is 18.4 Å². The lowest BCUT2D eigenvalue weighted by Crippen LogP contribution is -2.20. The van der Waals surface area contributed by atoms with Gasteiger partial charge in [0.2, 0.25) is 0 Å². The summed E-state index contributed by atoms with van der Waals surface area (Å²) in [5, 5.41) is 0. The first-order valence-electron chi connectivity index (χ1n) is 6.19. The molecule has 0 spiro atoms. The Morgan fingerprint density at radius 1 is 1.29 bits per heavy atom. The van der Waals surface area contributed by atoms with Crippen molar-refractivity contribution in [2.45, 2.75) is 26.3 Å². The molecule has 1 aliphatic rings. The fraction of sp³-hybridized carbons (Fsp3) is 0.462. The van der Waals surface area contributed by atoms with Crippen molar-refractivity contribution in [3.63, 3.8) is 0 Å². The lowest BCUT2D eigenvalue weighted by atomic mass is 10.3. The molecule has 0 atom stereocenters. The highest BCUT2D eigenvalue weighted by Crippen LogP contribution is 2.18. The summed E-state index contributed by atoms with van der Waals surface area (Å²) in [5.74, 6) is 0. The molecule has 2 aromatic heterocycles. The average molecular weight is 230 g/mol. The van der Waals surface area contributed by atoms with Gasteiger partial charge in [-0.2, -0.15) is 0 Å². The molecule has 17 heavy (non-hydrogen) atoms. The van der Waals surface area contributed by atoms with Crippen LogP contribution >= 0.6 is 0 Å². The van der Waals surface area contributed by atoms with Crippen LogP contribution in [-0.2, 0) is 6.54 Å². The number of rotatable bonds is 2. The molecule has 90 valence electrons. The smallest absolute Gasteiger partial charge is 0.137 e. The van der Waals surface area contributed by atoms with Crippen LogP contribution in [0, 0.1) is 6.92 Å². The molecule has 2 N–H and O–H groups in total. The molecule has 2 aromatic rings. The van der Waals surface area contributed by atoms with Gasteiger partial charge in [-0.15, -0.1) is 0 Å². The highest BCUT2D eigenvalue weighted by atomic mass is 15.2. The van der Waals surface area contributed by atoms with Crippen LogP contribution in [-0.4, -0.2) is 27.4 Å². The van der Waals surface area contributed by atoms with E-state index in [9.17, 15) is 0 Å². The van der Waals surface area contributed by atoms with Gasteiger partial charge in [-0.25, -0.2) is 4.98 Å². The quantitative estimate of drug-likeness (QED) is 0.856. The molecule has 0 bridgehead atoms. The van der Waals surface area contributed by atoms with Crippen LogP contribution in [0.2, 0.25) is 0 Å². The van der Waals surface area contributed by atoms with E-state index in [-0.39, 0.29) is 0 Å². The third kappa shape index (κ3) is 1.89. The first kappa shape index (κ1) is 10.6. The summed E-state index contributed by atoms with van der Waals surface area (Å²) in [6.45, 7) is 5.47. The molecule has 0 amide bonds. The summed E-state index contributed by atoms with van der Waals surface area (Å²) >= 11 is 0. The van der Waals surface area contributed by atoms with E-state index >= 15 is 0 Å². The number of nitrogen functional groups attached to an aromatic ring is 1. The molecule has 1 saturated heterocycles. The highest BCUT2D eigenvalue weighted by Gasteiger charge is 2.16. The van der Waals surface area contributed by atoms with E-state index in [1.807, 2.05) is 18.3 Å². The Balaban J connectivity index is 2.01. The Morgan fingerprint density at radius 2 is 2.06 bits per heavy atom.